The molecule has 0 spiro atoms. The maximum Gasteiger partial charge on any atom is 0.256 e. The van der Waals surface area contributed by atoms with Crippen LogP contribution in [-0.2, 0) is 9.59 Å². The molecule has 2 aliphatic heterocycles. The largest absolute Gasteiger partial charge is 0.497 e. The molecule has 2 saturated heterocycles. The molecule has 0 aliphatic carbocycles. The lowest BCUT2D eigenvalue weighted by atomic mass is 10.1. The van der Waals surface area contributed by atoms with Crippen molar-refractivity contribution in [1.29, 1.82) is 0 Å². The third-order valence-corrected chi connectivity index (χ3v) is 7.10. The first kappa shape index (κ1) is 25.1. The van der Waals surface area contributed by atoms with Gasteiger partial charge < -0.3 is 19.9 Å². The van der Waals surface area contributed by atoms with Gasteiger partial charge >= 0.3 is 0 Å². The van der Waals surface area contributed by atoms with Crippen molar-refractivity contribution in [3.63, 3.8) is 0 Å². The van der Waals surface area contributed by atoms with Crippen molar-refractivity contribution in [2.24, 2.45) is 0 Å². The highest BCUT2D eigenvalue weighted by Crippen LogP contribution is 2.28. The maximum absolute atomic E-state index is 13.5. The number of piperidine rings is 1. The lowest BCUT2D eigenvalue weighted by Gasteiger charge is -2.28. The van der Waals surface area contributed by atoms with E-state index in [2.05, 4.69) is 10.2 Å². The van der Waals surface area contributed by atoms with E-state index in [4.69, 9.17) is 17.0 Å². The lowest BCUT2D eigenvalue weighted by molar-refractivity contribution is -0.124. The van der Waals surface area contributed by atoms with E-state index in [1.165, 1.54) is 19.3 Å². The van der Waals surface area contributed by atoms with Gasteiger partial charge in [-0.15, -0.1) is 0 Å². The summed E-state index contributed by atoms with van der Waals surface area (Å²) >= 11 is 5.78. The highest BCUT2D eigenvalue weighted by Gasteiger charge is 2.43. The van der Waals surface area contributed by atoms with Crippen molar-refractivity contribution in [2.75, 3.05) is 43.5 Å². The molecule has 2 amide bonds. The topological polar surface area (TPSA) is 65.1 Å². The van der Waals surface area contributed by atoms with Gasteiger partial charge in [0, 0.05) is 12.2 Å². The van der Waals surface area contributed by atoms with Gasteiger partial charge in [0.15, 0.2) is 5.11 Å². The van der Waals surface area contributed by atoms with Crippen molar-refractivity contribution in [3.8, 4) is 5.75 Å². The minimum absolute atomic E-state index is 0.0388. The molecule has 1 atom stereocenters. The van der Waals surface area contributed by atoms with E-state index in [9.17, 15) is 9.59 Å². The monoisotopic (exact) mass is 494 g/mol. The standard InChI is InChI=1S/C27H34N4O3S/c1-20-7-11-22(12-8-20)31-26(33)24(19-25(32)28-21-9-13-23(34-2)14-10-21)30(27(31)35)18-6-17-29-15-4-3-5-16-29/h7-14,24H,3-6,15-19H2,1-2H3,(H,28,32)/t24-/m1/s1. The normalized spacial score (nSPS) is 18.7. The SMILES string of the molecule is COc1ccc(NC(=O)C[C@@H]2C(=O)N(c3ccc(C)cc3)C(=S)N2CCCN2CCCCC2)cc1. The number of rotatable bonds is 9. The molecule has 186 valence electrons. The summed E-state index contributed by atoms with van der Waals surface area (Å²) in [5.41, 5.74) is 2.51. The average Bonchev–Trinajstić information content (AvgIpc) is 3.09. The van der Waals surface area contributed by atoms with Gasteiger partial charge in [0.1, 0.15) is 11.8 Å². The van der Waals surface area contributed by atoms with Crippen LogP contribution in [-0.4, -0.2) is 66.1 Å². The Hall–Kier alpha value is -2.97. The van der Waals surface area contributed by atoms with Crippen LogP contribution in [0.4, 0.5) is 11.4 Å². The Morgan fingerprint density at radius 2 is 1.71 bits per heavy atom. The second-order valence-corrected chi connectivity index (χ2v) is 9.60. The predicted octanol–water partition coefficient (Wildman–Crippen LogP) is 4.21. The number of carbonyl (C=O) groups is 2. The van der Waals surface area contributed by atoms with Gasteiger partial charge in [-0.1, -0.05) is 24.1 Å². The van der Waals surface area contributed by atoms with Gasteiger partial charge in [0.2, 0.25) is 5.91 Å². The fraction of sp³-hybridized carbons (Fsp3) is 0.444. The molecule has 2 aliphatic rings. The summed E-state index contributed by atoms with van der Waals surface area (Å²) in [7, 11) is 1.60. The minimum atomic E-state index is -0.622. The van der Waals surface area contributed by atoms with Crippen molar-refractivity contribution >= 4 is 40.5 Å². The molecule has 7 nitrogen and oxygen atoms in total. The molecule has 0 unspecified atom stereocenters. The quantitative estimate of drug-likeness (QED) is 0.527. The van der Waals surface area contributed by atoms with Gasteiger partial charge in [0.25, 0.3) is 5.91 Å². The molecular formula is C27H34N4O3S. The number of thiocarbonyl (C=S) groups is 1. The summed E-state index contributed by atoms with van der Waals surface area (Å²) in [6.07, 6.45) is 4.73. The van der Waals surface area contributed by atoms with E-state index in [1.54, 1.807) is 36.3 Å². The van der Waals surface area contributed by atoms with E-state index in [0.29, 0.717) is 23.1 Å². The molecule has 2 heterocycles. The molecule has 0 saturated carbocycles. The van der Waals surface area contributed by atoms with E-state index >= 15 is 0 Å². The Morgan fingerprint density at radius 3 is 2.37 bits per heavy atom. The first-order chi connectivity index (χ1) is 17.0. The number of methoxy groups -OCH3 is 1. The van der Waals surface area contributed by atoms with Crippen LogP contribution >= 0.6 is 12.2 Å². The second-order valence-electron chi connectivity index (χ2n) is 9.24. The molecule has 4 rings (SSSR count). The van der Waals surface area contributed by atoms with Crippen LogP contribution in [0.5, 0.6) is 5.75 Å². The lowest BCUT2D eigenvalue weighted by Crippen LogP contribution is -2.40. The molecular weight excluding hydrogens is 460 g/mol. The number of benzene rings is 2. The number of carbonyl (C=O) groups excluding carboxylic acids is 2. The Balaban J connectivity index is 1.46. The minimum Gasteiger partial charge on any atom is -0.497 e. The predicted molar refractivity (Wildman–Crippen MR) is 143 cm³/mol. The van der Waals surface area contributed by atoms with Gasteiger partial charge in [-0.25, -0.2) is 0 Å². The first-order valence-corrected chi connectivity index (χ1v) is 12.7. The van der Waals surface area contributed by atoms with Gasteiger partial charge in [-0.3, -0.25) is 14.5 Å². The van der Waals surface area contributed by atoms with Crippen LogP contribution in [0.25, 0.3) is 0 Å². The summed E-state index contributed by atoms with van der Waals surface area (Å²) in [5, 5.41) is 3.37. The summed E-state index contributed by atoms with van der Waals surface area (Å²) in [4.78, 5) is 32.5. The Kier molecular flexibility index (Phi) is 8.36. The molecule has 8 heteroatoms. The Labute approximate surface area is 213 Å². The zero-order chi connectivity index (χ0) is 24.8. The number of nitrogens with one attached hydrogen (secondary N) is 1. The number of amides is 2. The third kappa shape index (κ3) is 6.18. The Morgan fingerprint density at radius 1 is 1.03 bits per heavy atom. The van der Waals surface area contributed by atoms with Crippen molar-refractivity contribution in [3.05, 3.63) is 54.1 Å². The molecule has 1 N–H and O–H groups in total. The summed E-state index contributed by atoms with van der Waals surface area (Å²) in [5.74, 6) is 0.345. The van der Waals surface area contributed by atoms with Crippen LogP contribution in [0.3, 0.4) is 0 Å². The average molecular weight is 495 g/mol. The number of hydrogen-bond donors (Lipinski definition) is 1. The summed E-state index contributed by atoms with van der Waals surface area (Å²) in [6.45, 7) is 5.89. The zero-order valence-corrected chi connectivity index (χ0v) is 21.4. The number of ether oxygens (including phenoxy) is 1. The van der Waals surface area contributed by atoms with E-state index in [-0.39, 0.29) is 18.2 Å². The number of hydrogen-bond acceptors (Lipinski definition) is 5. The zero-order valence-electron chi connectivity index (χ0n) is 20.5. The van der Waals surface area contributed by atoms with Crippen LogP contribution < -0.4 is 15.0 Å². The molecule has 35 heavy (non-hydrogen) atoms. The van der Waals surface area contributed by atoms with Gasteiger partial charge in [-0.05, 0) is 94.4 Å². The fourth-order valence-corrected chi connectivity index (χ4v) is 5.14. The number of aryl methyl sites for hydroxylation is 1. The smallest absolute Gasteiger partial charge is 0.256 e. The van der Waals surface area contributed by atoms with Crippen molar-refractivity contribution in [1.82, 2.24) is 9.80 Å². The van der Waals surface area contributed by atoms with Crippen LogP contribution in [0.1, 0.15) is 37.7 Å². The fourth-order valence-electron chi connectivity index (χ4n) is 4.73. The third-order valence-electron chi connectivity index (χ3n) is 6.69. The van der Waals surface area contributed by atoms with Crippen LogP contribution in [0, 0.1) is 6.92 Å². The van der Waals surface area contributed by atoms with E-state index in [0.717, 1.165) is 37.3 Å². The Bertz CT molecular complexity index is 1040. The van der Waals surface area contributed by atoms with Crippen molar-refractivity contribution < 1.29 is 14.3 Å². The van der Waals surface area contributed by atoms with Crippen molar-refractivity contribution in [2.45, 2.75) is 45.1 Å². The molecule has 2 fully saturated rings. The summed E-state index contributed by atoms with van der Waals surface area (Å²) in [6, 6.07) is 14.3. The van der Waals surface area contributed by atoms with Gasteiger partial charge in [0.05, 0.1) is 19.2 Å². The second kappa shape index (κ2) is 11.6. The first-order valence-electron chi connectivity index (χ1n) is 12.3. The molecule has 0 aromatic heterocycles. The van der Waals surface area contributed by atoms with Crippen LogP contribution in [0.2, 0.25) is 0 Å². The van der Waals surface area contributed by atoms with E-state index in [1.807, 2.05) is 36.1 Å². The highest BCUT2D eigenvalue weighted by molar-refractivity contribution is 7.80. The molecule has 2 aromatic rings. The number of anilines is 2. The molecule has 0 radical (unpaired) electrons. The van der Waals surface area contributed by atoms with Gasteiger partial charge in [-0.2, -0.15) is 0 Å². The maximum atomic E-state index is 13.5. The number of likely N-dealkylation sites (tertiary alicyclic amines) is 1. The molecule has 2 aromatic carbocycles. The number of nitrogens with zero attached hydrogens (tertiary/aromatic N) is 3. The highest BCUT2D eigenvalue weighted by atomic mass is 32.1. The van der Waals surface area contributed by atoms with Crippen LogP contribution in [0.15, 0.2) is 48.5 Å². The summed E-state index contributed by atoms with van der Waals surface area (Å²) < 4.78 is 5.18. The van der Waals surface area contributed by atoms with E-state index < -0.39 is 6.04 Å². The molecule has 0 bridgehead atoms.